The Kier molecular flexibility index (Phi) is 5.70. The van der Waals surface area contributed by atoms with Crippen molar-refractivity contribution in [2.75, 3.05) is 12.8 Å². The molecule has 0 aliphatic carbocycles. The van der Waals surface area contributed by atoms with Gasteiger partial charge in [0, 0.05) is 18.5 Å². The lowest BCUT2D eigenvalue weighted by Crippen LogP contribution is -2.14. The number of aromatic nitrogens is 2. The van der Waals surface area contributed by atoms with E-state index in [-0.39, 0.29) is 0 Å². The van der Waals surface area contributed by atoms with Gasteiger partial charge in [-0.25, -0.2) is 4.68 Å². The normalized spacial score (nSPS) is 10.9. The summed E-state index contributed by atoms with van der Waals surface area (Å²) in [6, 6.07) is 8.08. The van der Waals surface area contributed by atoms with Crippen molar-refractivity contribution in [2.24, 2.45) is 7.05 Å². The van der Waals surface area contributed by atoms with Crippen molar-refractivity contribution in [3.8, 4) is 11.6 Å². The standard InChI is InChI=1S/C16H23N3OS/c1-5-10-17-11-13-12(2)18-19(3)16(13)20-14-8-6-7-9-15(14)21-4/h6-9,17H,5,10-11H2,1-4H3. The molecule has 1 aromatic heterocycles. The molecule has 0 amide bonds. The van der Waals surface area contributed by atoms with Crippen LogP contribution in [0.15, 0.2) is 29.2 Å². The monoisotopic (exact) mass is 305 g/mol. The largest absolute Gasteiger partial charge is 0.438 e. The number of nitrogens with one attached hydrogen (secondary N) is 1. The molecule has 21 heavy (non-hydrogen) atoms. The summed E-state index contributed by atoms with van der Waals surface area (Å²) < 4.78 is 7.97. The number of thioether (sulfide) groups is 1. The quantitative estimate of drug-likeness (QED) is 0.625. The van der Waals surface area contributed by atoms with Crippen LogP contribution < -0.4 is 10.1 Å². The first-order valence-corrected chi connectivity index (χ1v) is 8.43. The van der Waals surface area contributed by atoms with E-state index in [1.54, 1.807) is 11.8 Å². The molecule has 0 fully saturated rings. The SMILES string of the molecule is CCCNCc1c(C)nn(C)c1Oc1ccccc1SC. The van der Waals surface area contributed by atoms with Gasteiger partial charge in [-0.15, -0.1) is 11.8 Å². The van der Waals surface area contributed by atoms with Gasteiger partial charge in [-0.2, -0.15) is 5.10 Å². The molecule has 5 heteroatoms. The summed E-state index contributed by atoms with van der Waals surface area (Å²) >= 11 is 1.68. The van der Waals surface area contributed by atoms with Gasteiger partial charge in [0.15, 0.2) is 0 Å². The molecule has 0 saturated heterocycles. The molecule has 0 saturated carbocycles. The van der Waals surface area contributed by atoms with Crippen LogP contribution in [0.25, 0.3) is 0 Å². The summed E-state index contributed by atoms with van der Waals surface area (Å²) in [6.07, 6.45) is 3.17. The van der Waals surface area contributed by atoms with Gasteiger partial charge in [0.05, 0.1) is 11.3 Å². The Hall–Kier alpha value is -1.46. The summed E-state index contributed by atoms with van der Waals surface area (Å²) in [4.78, 5) is 1.13. The van der Waals surface area contributed by atoms with Gasteiger partial charge >= 0.3 is 0 Å². The molecule has 0 bridgehead atoms. The van der Waals surface area contributed by atoms with E-state index in [0.717, 1.165) is 47.3 Å². The fourth-order valence-corrected chi connectivity index (χ4v) is 2.74. The number of hydrogen-bond donors (Lipinski definition) is 1. The zero-order chi connectivity index (χ0) is 15.2. The van der Waals surface area contributed by atoms with Crippen LogP contribution in [0.5, 0.6) is 11.6 Å². The molecule has 1 N–H and O–H groups in total. The van der Waals surface area contributed by atoms with Crippen molar-refractivity contribution in [3.05, 3.63) is 35.5 Å². The van der Waals surface area contributed by atoms with Crippen LogP contribution in [-0.2, 0) is 13.6 Å². The van der Waals surface area contributed by atoms with Crippen molar-refractivity contribution < 1.29 is 4.74 Å². The highest BCUT2D eigenvalue weighted by atomic mass is 32.2. The molecule has 0 unspecified atom stereocenters. The summed E-state index contributed by atoms with van der Waals surface area (Å²) in [7, 11) is 1.92. The Balaban J connectivity index is 2.26. The first-order valence-electron chi connectivity index (χ1n) is 7.21. The molecule has 0 spiro atoms. The molecule has 2 aromatic rings. The maximum Gasteiger partial charge on any atom is 0.222 e. The third-order valence-corrected chi connectivity index (χ3v) is 4.07. The van der Waals surface area contributed by atoms with Crippen LogP contribution in [0, 0.1) is 6.92 Å². The maximum atomic E-state index is 6.15. The van der Waals surface area contributed by atoms with Crippen molar-refractivity contribution in [1.29, 1.82) is 0 Å². The van der Waals surface area contributed by atoms with E-state index in [1.165, 1.54) is 0 Å². The van der Waals surface area contributed by atoms with E-state index in [2.05, 4.69) is 29.7 Å². The Morgan fingerprint density at radius 1 is 1.33 bits per heavy atom. The van der Waals surface area contributed by atoms with Crippen LogP contribution in [0.4, 0.5) is 0 Å². The minimum atomic E-state index is 0.782. The molecule has 0 aliphatic rings. The molecule has 1 heterocycles. The molecular weight excluding hydrogens is 282 g/mol. The van der Waals surface area contributed by atoms with E-state index < -0.39 is 0 Å². The Morgan fingerprint density at radius 3 is 2.81 bits per heavy atom. The zero-order valence-corrected chi connectivity index (χ0v) is 14.0. The van der Waals surface area contributed by atoms with Crippen LogP contribution in [-0.4, -0.2) is 22.6 Å². The van der Waals surface area contributed by atoms with Gasteiger partial charge in [0.2, 0.25) is 5.88 Å². The number of para-hydroxylation sites is 1. The van der Waals surface area contributed by atoms with Gasteiger partial charge in [-0.3, -0.25) is 0 Å². The Labute approximate surface area is 130 Å². The van der Waals surface area contributed by atoms with Gasteiger partial charge < -0.3 is 10.1 Å². The number of aryl methyl sites for hydroxylation is 2. The van der Waals surface area contributed by atoms with E-state index in [0.29, 0.717) is 0 Å². The van der Waals surface area contributed by atoms with E-state index in [1.807, 2.05) is 36.9 Å². The van der Waals surface area contributed by atoms with E-state index in [4.69, 9.17) is 4.74 Å². The highest BCUT2D eigenvalue weighted by Gasteiger charge is 2.16. The summed E-state index contributed by atoms with van der Waals surface area (Å²) in [5.74, 6) is 1.70. The number of rotatable bonds is 7. The topological polar surface area (TPSA) is 39.1 Å². The zero-order valence-electron chi connectivity index (χ0n) is 13.1. The number of hydrogen-bond acceptors (Lipinski definition) is 4. The minimum Gasteiger partial charge on any atom is -0.438 e. The summed E-state index contributed by atoms with van der Waals surface area (Å²) in [5.41, 5.74) is 2.14. The smallest absolute Gasteiger partial charge is 0.222 e. The molecule has 2 rings (SSSR count). The molecule has 1 aromatic carbocycles. The van der Waals surface area contributed by atoms with Crippen LogP contribution in [0.2, 0.25) is 0 Å². The lowest BCUT2D eigenvalue weighted by atomic mass is 10.2. The van der Waals surface area contributed by atoms with Crippen LogP contribution >= 0.6 is 11.8 Å². The van der Waals surface area contributed by atoms with E-state index in [9.17, 15) is 0 Å². The lowest BCUT2D eigenvalue weighted by molar-refractivity contribution is 0.415. The third kappa shape index (κ3) is 3.80. The van der Waals surface area contributed by atoms with Gasteiger partial charge in [0.25, 0.3) is 0 Å². The third-order valence-electron chi connectivity index (χ3n) is 3.29. The van der Waals surface area contributed by atoms with Gasteiger partial charge in [-0.1, -0.05) is 19.1 Å². The van der Waals surface area contributed by atoms with Crippen molar-refractivity contribution in [2.45, 2.75) is 31.7 Å². The highest BCUT2D eigenvalue weighted by molar-refractivity contribution is 7.98. The predicted molar refractivity (Wildman–Crippen MR) is 88.2 cm³/mol. The lowest BCUT2D eigenvalue weighted by Gasteiger charge is -2.12. The second kappa shape index (κ2) is 7.52. The number of benzene rings is 1. The molecule has 4 nitrogen and oxygen atoms in total. The minimum absolute atomic E-state index is 0.782. The van der Waals surface area contributed by atoms with Gasteiger partial charge in [-0.05, 0) is 38.3 Å². The molecular formula is C16H23N3OS. The first kappa shape index (κ1) is 15.9. The van der Waals surface area contributed by atoms with E-state index >= 15 is 0 Å². The van der Waals surface area contributed by atoms with Crippen LogP contribution in [0.1, 0.15) is 24.6 Å². The van der Waals surface area contributed by atoms with Crippen LogP contribution in [0.3, 0.4) is 0 Å². The fraction of sp³-hybridized carbons (Fsp3) is 0.438. The average molecular weight is 305 g/mol. The van der Waals surface area contributed by atoms with Crippen molar-refractivity contribution >= 4 is 11.8 Å². The van der Waals surface area contributed by atoms with Crippen molar-refractivity contribution in [3.63, 3.8) is 0 Å². The summed E-state index contributed by atoms with van der Waals surface area (Å²) in [5, 5.41) is 7.91. The van der Waals surface area contributed by atoms with Crippen molar-refractivity contribution in [1.82, 2.24) is 15.1 Å². The molecule has 0 radical (unpaired) electrons. The molecule has 0 atom stereocenters. The second-order valence-electron chi connectivity index (χ2n) is 4.92. The fourth-order valence-electron chi connectivity index (χ4n) is 2.21. The maximum absolute atomic E-state index is 6.15. The Bertz CT molecular complexity index is 595. The number of ether oxygens (including phenoxy) is 1. The van der Waals surface area contributed by atoms with Gasteiger partial charge in [0.1, 0.15) is 5.75 Å². The molecule has 0 aliphatic heterocycles. The Morgan fingerprint density at radius 2 is 2.10 bits per heavy atom. The predicted octanol–water partition coefficient (Wildman–Crippen LogP) is 3.74. The summed E-state index contributed by atoms with van der Waals surface area (Å²) in [6.45, 7) is 5.96. The first-order chi connectivity index (χ1) is 10.2. The molecule has 114 valence electrons. The number of nitrogens with zero attached hydrogens (tertiary/aromatic N) is 2. The second-order valence-corrected chi connectivity index (χ2v) is 5.77. The highest BCUT2D eigenvalue weighted by Crippen LogP contribution is 2.33. The average Bonchev–Trinajstić information content (AvgIpc) is 2.75.